The molecule has 0 spiro atoms. The summed E-state index contributed by atoms with van der Waals surface area (Å²) in [6, 6.07) is 0.273. The molecule has 0 bridgehead atoms. The Morgan fingerprint density at radius 1 is 1.69 bits per heavy atom. The van der Waals surface area contributed by atoms with E-state index in [9.17, 15) is 0 Å². The van der Waals surface area contributed by atoms with Crippen LogP contribution in [-0.2, 0) is 0 Å². The summed E-state index contributed by atoms with van der Waals surface area (Å²) < 4.78 is 3.86. The molecule has 4 heteroatoms. The Bertz CT molecular complexity index is 262. The van der Waals surface area contributed by atoms with E-state index in [0.717, 1.165) is 6.54 Å². The molecule has 13 heavy (non-hydrogen) atoms. The van der Waals surface area contributed by atoms with E-state index < -0.39 is 0 Å². The first-order chi connectivity index (χ1) is 6.24. The number of nitrogens with zero attached hydrogens (tertiary/aromatic N) is 2. The van der Waals surface area contributed by atoms with Crippen LogP contribution < -0.4 is 5.32 Å². The van der Waals surface area contributed by atoms with Gasteiger partial charge in [-0.1, -0.05) is 23.1 Å². The number of allylic oxidation sites excluding steroid dienone is 1. The third-order valence-corrected chi connectivity index (χ3v) is 2.36. The first kappa shape index (κ1) is 10.3. The number of likely N-dealkylation sites (N-methyl/N-ethyl adjacent to an activating group) is 1. The van der Waals surface area contributed by atoms with E-state index in [1.165, 1.54) is 22.0 Å². The molecule has 0 aliphatic rings. The lowest BCUT2D eigenvalue weighted by Gasteiger charge is -2.10. The minimum Gasteiger partial charge on any atom is -0.306 e. The Balaban J connectivity index is 2.74. The molecule has 1 heterocycles. The highest BCUT2D eigenvalue weighted by Gasteiger charge is 2.08. The van der Waals surface area contributed by atoms with Crippen molar-refractivity contribution in [2.45, 2.75) is 26.8 Å². The lowest BCUT2D eigenvalue weighted by molar-refractivity contribution is 0.652. The van der Waals surface area contributed by atoms with Gasteiger partial charge in [-0.3, -0.25) is 0 Å². The molecule has 0 saturated carbocycles. The van der Waals surface area contributed by atoms with Crippen LogP contribution in [0.4, 0.5) is 0 Å². The average Bonchev–Trinajstić information content (AvgIpc) is 2.54. The molecular formula is C9H15N3S. The molecule has 0 fully saturated rings. The zero-order chi connectivity index (χ0) is 9.68. The quantitative estimate of drug-likeness (QED) is 0.752. The molecule has 0 amide bonds. The first-order valence-electron chi connectivity index (χ1n) is 4.39. The van der Waals surface area contributed by atoms with Crippen LogP contribution in [0.15, 0.2) is 17.8 Å². The molecule has 0 saturated heterocycles. The van der Waals surface area contributed by atoms with Gasteiger partial charge in [-0.2, -0.15) is 0 Å². The second kappa shape index (κ2) is 5.09. The second-order valence-corrected chi connectivity index (χ2v) is 3.92. The SMILES string of the molecule is CCNC(C=C(C)C)c1cnns1. The van der Waals surface area contributed by atoms with Crippen molar-refractivity contribution in [1.82, 2.24) is 14.9 Å². The Morgan fingerprint density at radius 3 is 2.92 bits per heavy atom. The molecule has 0 aliphatic heterocycles. The molecule has 1 atom stereocenters. The summed E-state index contributed by atoms with van der Waals surface area (Å²) in [6.45, 7) is 7.24. The van der Waals surface area contributed by atoms with E-state index in [0.29, 0.717) is 0 Å². The maximum atomic E-state index is 3.86. The van der Waals surface area contributed by atoms with E-state index >= 15 is 0 Å². The predicted molar refractivity (Wildman–Crippen MR) is 55.8 cm³/mol. The maximum Gasteiger partial charge on any atom is 0.0672 e. The van der Waals surface area contributed by atoms with Crippen molar-refractivity contribution in [3.63, 3.8) is 0 Å². The fraction of sp³-hybridized carbons (Fsp3) is 0.556. The van der Waals surface area contributed by atoms with Gasteiger partial charge in [0, 0.05) is 0 Å². The Kier molecular flexibility index (Phi) is 4.05. The number of rotatable bonds is 4. The standard InChI is InChI=1S/C9H15N3S/c1-4-10-8(5-7(2)3)9-6-11-12-13-9/h5-6,8,10H,4H2,1-3H3. The van der Waals surface area contributed by atoms with Crippen molar-refractivity contribution in [2.24, 2.45) is 0 Å². The van der Waals surface area contributed by atoms with Crippen molar-refractivity contribution in [1.29, 1.82) is 0 Å². The van der Waals surface area contributed by atoms with Crippen LogP contribution in [0.5, 0.6) is 0 Å². The molecule has 1 N–H and O–H groups in total. The summed E-state index contributed by atoms with van der Waals surface area (Å²) in [5.41, 5.74) is 1.30. The summed E-state index contributed by atoms with van der Waals surface area (Å²) in [5, 5.41) is 7.20. The molecule has 1 aromatic heterocycles. The largest absolute Gasteiger partial charge is 0.306 e. The van der Waals surface area contributed by atoms with E-state index in [4.69, 9.17) is 0 Å². The van der Waals surface area contributed by atoms with E-state index in [-0.39, 0.29) is 6.04 Å². The fourth-order valence-corrected chi connectivity index (χ4v) is 1.65. The van der Waals surface area contributed by atoms with E-state index in [2.05, 4.69) is 41.8 Å². The van der Waals surface area contributed by atoms with Crippen LogP contribution in [0.25, 0.3) is 0 Å². The van der Waals surface area contributed by atoms with Gasteiger partial charge in [0.25, 0.3) is 0 Å². The molecule has 0 aliphatic carbocycles. The van der Waals surface area contributed by atoms with E-state index in [1.807, 2.05) is 6.20 Å². The van der Waals surface area contributed by atoms with Gasteiger partial charge in [0.1, 0.15) is 0 Å². The second-order valence-electron chi connectivity index (χ2n) is 3.10. The zero-order valence-corrected chi connectivity index (χ0v) is 9.06. The third-order valence-electron chi connectivity index (χ3n) is 1.61. The zero-order valence-electron chi connectivity index (χ0n) is 8.24. The van der Waals surface area contributed by atoms with Gasteiger partial charge < -0.3 is 5.32 Å². The summed E-state index contributed by atoms with van der Waals surface area (Å²) >= 11 is 1.44. The Labute approximate surface area is 83.0 Å². The first-order valence-corrected chi connectivity index (χ1v) is 5.17. The van der Waals surface area contributed by atoms with Crippen LogP contribution in [0, 0.1) is 0 Å². The van der Waals surface area contributed by atoms with Gasteiger partial charge in [0.05, 0.1) is 17.1 Å². The highest BCUT2D eigenvalue weighted by molar-refractivity contribution is 7.05. The summed E-state index contributed by atoms with van der Waals surface area (Å²) in [7, 11) is 0. The van der Waals surface area contributed by atoms with Crippen molar-refractivity contribution < 1.29 is 0 Å². The highest BCUT2D eigenvalue weighted by Crippen LogP contribution is 2.17. The lowest BCUT2D eigenvalue weighted by atomic mass is 10.2. The monoisotopic (exact) mass is 197 g/mol. The Morgan fingerprint density at radius 2 is 2.46 bits per heavy atom. The summed E-state index contributed by atoms with van der Waals surface area (Å²) in [5.74, 6) is 0. The van der Waals surface area contributed by atoms with Gasteiger partial charge in [-0.25, -0.2) is 0 Å². The van der Waals surface area contributed by atoms with Crippen molar-refractivity contribution in [3.05, 3.63) is 22.7 Å². The minimum atomic E-state index is 0.273. The van der Waals surface area contributed by atoms with Crippen molar-refractivity contribution in [2.75, 3.05) is 6.54 Å². The molecule has 1 aromatic rings. The molecule has 1 rings (SSSR count). The minimum absolute atomic E-state index is 0.273. The van der Waals surface area contributed by atoms with Gasteiger partial charge in [-0.15, -0.1) is 5.10 Å². The van der Waals surface area contributed by atoms with Crippen molar-refractivity contribution in [3.8, 4) is 0 Å². The van der Waals surface area contributed by atoms with Crippen molar-refractivity contribution >= 4 is 11.5 Å². The Hall–Kier alpha value is -0.740. The third kappa shape index (κ3) is 3.24. The van der Waals surface area contributed by atoms with Crippen LogP contribution in [0.2, 0.25) is 0 Å². The molecule has 0 radical (unpaired) electrons. The summed E-state index contributed by atoms with van der Waals surface area (Å²) in [6.07, 6.45) is 4.01. The highest BCUT2D eigenvalue weighted by atomic mass is 32.1. The van der Waals surface area contributed by atoms with E-state index in [1.54, 1.807) is 0 Å². The number of nitrogens with one attached hydrogen (secondary N) is 1. The number of hydrogen-bond donors (Lipinski definition) is 1. The smallest absolute Gasteiger partial charge is 0.0672 e. The summed E-state index contributed by atoms with van der Waals surface area (Å²) in [4.78, 5) is 1.17. The van der Waals surface area contributed by atoms with Gasteiger partial charge in [-0.05, 0) is 31.9 Å². The molecular weight excluding hydrogens is 182 g/mol. The van der Waals surface area contributed by atoms with Crippen LogP contribution in [0.1, 0.15) is 31.7 Å². The number of hydrogen-bond acceptors (Lipinski definition) is 4. The average molecular weight is 197 g/mol. The molecule has 72 valence electrons. The van der Waals surface area contributed by atoms with Gasteiger partial charge >= 0.3 is 0 Å². The topological polar surface area (TPSA) is 37.8 Å². The maximum absolute atomic E-state index is 3.86. The van der Waals surface area contributed by atoms with Gasteiger partial charge in [0.2, 0.25) is 0 Å². The molecule has 0 aromatic carbocycles. The fourth-order valence-electron chi connectivity index (χ4n) is 1.11. The van der Waals surface area contributed by atoms with Crippen LogP contribution in [-0.4, -0.2) is 16.1 Å². The lowest BCUT2D eigenvalue weighted by Crippen LogP contribution is -2.18. The number of aromatic nitrogens is 2. The molecule has 3 nitrogen and oxygen atoms in total. The molecule has 1 unspecified atom stereocenters. The van der Waals surface area contributed by atoms with Crippen LogP contribution >= 0.6 is 11.5 Å². The van der Waals surface area contributed by atoms with Gasteiger partial charge in [0.15, 0.2) is 0 Å². The normalized spacial score (nSPS) is 12.5. The predicted octanol–water partition coefficient (Wildman–Crippen LogP) is 2.15. The van der Waals surface area contributed by atoms with Crippen LogP contribution in [0.3, 0.4) is 0 Å².